The first-order valence-electron chi connectivity index (χ1n) is 4.57. The predicted molar refractivity (Wildman–Crippen MR) is 60.2 cm³/mol. The third kappa shape index (κ3) is 2.71. The number of aryl methyl sites for hydroxylation is 1. The molecular weight excluding hydrogens is 203 g/mol. The van der Waals surface area contributed by atoms with Gasteiger partial charge in [0, 0.05) is 0 Å². The van der Waals surface area contributed by atoms with Crippen molar-refractivity contribution in [2.24, 2.45) is 0 Å². The summed E-state index contributed by atoms with van der Waals surface area (Å²) in [5, 5.41) is 35.2. The van der Waals surface area contributed by atoms with Crippen LogP contribution in [0.15, 0.2) is 23.8 Å². The maximum atomic E-state index is 8.99. The third-order valence-electron chi connectivity index (χ3n) is 2.14. The van der Waals surface area contributed by atoms with Gasteiger partial charge in [0.25, 0.3) is 0 Å². The molecule has 0 aromatic heterocycles. The Morgan fingerprint density at radius 2 is 1.94 bits per heavy atom. The number of rotatable bonds is 2. The molecule has 1 aromatic carbocycles. The SMILES string of the molecule is Cc1ccc(B(O)O)cc1C=C(C#N)C#N. The fourth-order valence-corrected chi connectivity index (χ4v) is 1.22. The molecule has 1 rings (SSSR count). The van der Waals surface area contributed by atoms with Crippen molar-refractivity contribution in [2.45, 2.75) is 6.92 Å². The van der Waals surface area contributed by atoms with E-state index in [2.05, 4.69) is 0 Å². The number of nitriles is 2. The summed E-state index contributed by atoms with van der Waals surface area (Å²) in [6.07, 6.45) is 1.42. The van der Waals surface area contributed by atoms with Crippen LogP contribution in [0.3, 0.4) is 0 Å². The first-order chi connectivity index (χ1) is 7.58. The third-order valence-corrected chi connectivity index (χ3v) is 2.14. The van der Waals surface area contributed by atoms with Crippen molar-refractivity contribution >= 4 is 18.7 Å². The van der Waals surface area contributed by atoms with E-state index in [4.69, 9.17) is 20.6 Å². The fourth-order valence-electron chi connectivity index (χ4n) is 1.22. The first-order valence-corrected chi connectivity index (χ1v) is 4.57. The quantitative estimate of drug-likeness (QED) is 0.537. The average Bonchev–Trinajstić information content (AvgIpc) is 2.27. The molecule has 0 aliphatic carbocycles. The van der Waals surface area contributed by atoms with Gasteiger partial charge in [0.1, 0.15) is 17.7 Å². The van der Waals surface area contributed by atoms with Gasteiger partial charge < -0.3 is 10.0 Å². The Balaban J connectivity index is 3.25. The number of hydrogen-bond acceptors (Lipinski definition) is 4. The minimum atomic E-state index is -1.56. The number of nitrogens with zero attached hydrogens (tertiary/aromatic N) is 2. The van der Waals surface area contributed by atoms with E-state index in [9.17, 15) is 0 Å². The normalized spacial score (nSPS) is 8.81. The topological polar surface area (TPSA) is 88.0 Å². The van der Waals surface area contributed by atoms with Crippen LogP contribution >= 0.6 is 0 Å². The Labute approximate surface area is 93.8 Å². The molecule has 0 aliphatic heterocycles. The Hall–Kier alpha value is -2.08. The Morgan fingerprint density at radius 1 is 1.31 bits per heavy atom. The van der Waals surface area contributed by atoms with Crippen molar-refractivity contribution in [3.05, 3.63) is 34.9 Å². The lowest BCUT2D eigenvalue weighted by atomic mass is 9.79. The van der Waals surface area contributed by atoms with Crippen molar-refractivity contribution < 1.29 is 10.0 Å². The summed E-state index contributed by atoms with van der Waals surface area (Å²) < 4.78 is 0. The molecule has 16 heavy (non-hydrogen) atoms. The second kappa shape index (κ2) is 5.13. The van der Waals surface area contributed by atoms with Gasteiger partial charge in [-0.25, -0.2) is 0 Å². The maximum Gasteiger partial charge on any atom is 0.488 e. The Kier molecular flexibility index (Phi) is 3.85. The molecule has 78 valence electrons. The molecule has 0 spiro atoms. The van der Waals surface area contributed by atoms with Crippen LogP contribution < -0.4 is 5.46 Å². The summed E-state index contributed by atoms with van der Waals surface area (Å²) in [6.45, 7) is 1.81. The minimum absolute atomic E-state index is 0.0207. The van der Waals surface area contributed by atoms with Gasteiger partial charge in [-0.3, -0.25) is 0 Å². The molecule has 0 aliphatic rings. The smallest absolute Gasteiger partial charge is 0.423 e. The van der Waals surface area contributed by atoms with Gasteiger partial charge in [-0.15, -0.1) is 0 Å². The molecule has 0 atom stereocenters. The summed E-state index contributed by atoms with van der Waals surface area (Å²) >= 11 is 0. The lowest BCUT2D eigenvalue weighted by Crippen LogP contribution is -2.29. The molecule has 1 aromatic rings. The van der Waals surface area contributed by atoms with Crippen LogP contribution in [-0.2, 0) is 0 Å². The molecule has 0 fully saturated rings. The van der Waals surface area contributed by atoms with Gasteiger partial charge in [-0.2, -0.15) is 10.5 Å². The highest BCUT2D eigenvalue weighted by Gasteiger charge is 2.11. The Bertz CT molecular complexity index is 494. The van der Waals surface area contributed by atoms with E-state index in [1.807, 2.05) is 6.92 Å². The van der Waals surface area contributed by atoms with E-state index in [1.165, 1.54) is 12.1 Å². The van der Waals surface area contributed by atoms with Crippen LogP contribution in [0.4, 0.5) is 0 Å². The molecule has 0 saturated carbocycles. The van der Waals surface area contributed by atoms with Gasteiger partial charge in [0.2, 0.25) is 0 Å². The van der Waals surface area contributed by atoms with Crippen molar-refractivity contribution in [3.63, 3.8) is 0 Å². The summed E-state index contributed by atoms with van der Waals surface area (Å²) in [6, 6.07) is 8.32. The van der Waals surface area contributed by atoms with Gasteiger partial charge in [0.05, 0.1) is 0 Å². The van der Waals surface area contributed by atoms with E-state index in [0.717, 1.165) is 5.56 Å². The summed E-state index contributed by atoms with van der Waals surface area (Å²) in [5.41, 5.74) is 1.79. The maximum absolute atomic E-state index is 8.99. The van der Waals surface area contributed by atoms with Gasteiger partial charge in [0.15, 0.2) is 0 Å². The van der Waals surface area contributed by atoms with Crippen LogP contribution in [0.2, 0.25) is 0 Å². The molecule has 0 bridgehead atoms. The lowest BCUT2D eigenvalue weighted by Gasteiger charge is -2.04. The average molecular weight is 212 g/mol. The molecule has 4 nitrogen and oxygen atoms in total. The lowest BCUT2D eigenvalue weighted by molar-refractivity contribution is 0.426. The van der Waals surface area contributed by atoms with E-state index >= 15 is 0 Å². The van der Waals surface area contributed by atoms with Crippen LogP contribution in [0.25, 0.3) is 6.08 Å². The molecular formula is C11H9BN2O2. The van der Waals surface area contributed by atoms with Gasteiger partial charge in [-0.1, -0.05) is 18.2 Å². The highest BCUT2D eigenvalue weighted by molar-refractivity contribution is 6.58. The molecule has 0 radical (unpaired) electrons. The number of benzene rings is 1. The highest BCUT2D eigenvalue weighted by atomic mass is 16.4. The van der Waals surface area contributed by atoms with E-state index < -0.39 is 7.12 Å². The van der Waals surface area contributed by atoms with Crippen molar-refractivity contribution in [1.82, 2.24) is 0 Å². The van der Waals surface area contributed by atoms with Crippen molar-refractivity contribution in [1.29, 1.82) is 10.5 Å². The van der Waals surface area contributed by atoms with E-state index in [1.54, 1.807) is 24.3 Å². The van der Waals surface area contributed by atoms with Crippen molar-refractivity contribution in [3.8, 4) is 12.1 Å². The largest absolute Gasteiger partial charge is 0.488 e. The van der Waals surface area contributed by atoms with Gasteiger partial charge >= 0.3 is 7.12 Å². The van der Waals surface area contributed by atoms with Crippen LogP contribution in [0.5, 0.6) is 0 Å². The number of hydrogen-bond donors (Lipinski definition) is 2. The number of allylic oxidation sites excluding steroid dienone is 1. The van der Waals surface area contributed by atoms with E-state index in [-0.39, 0.29) is 5.57 Å². The molecule has 0 amide bonds. The molecule has 0 saturated heterocycles. The first kappa shape index (κ1) is 12.0. The highest BCUT2D eigenvalue weighted by Crippen LogP contribution is 2.10. The van der Waals surface area contributed by atoms with Crippen molar-refractivity contribution in [2.75, 3.05) is 0 Å². The summed E-state index contributed by atoms with van der Waals surface area (Å²) in [4.78, 5) is 0. The second-order valence-corrected chi connectivity index (χ2v) is 3.27. The monoisotopic (exact) mass is 212 g/mol. The minimum Gasteiger partial charge on any atom is -0.423 e. The zero-order valence-corrected chi connectivity index (χ0v) is 8.68. The van der Waals surface area contributed by atoms with Gasteiger partial charge in [-0.05, 0) is 29.6 Å². The van der Waals surface area contributed by atoms with Crippen LogP contribution in [-0.4, -0.2) is 17.2 Å². The zero-order valence-electron chi connectivity index (χ0n) is 8.68. The summed E-state index contributed by atoms with van der Waals surface area (Å²) in [5.74, 6) is 0. The Morgan fingerprint density at radius 3 is 2.44 bits per heavy atom. The second-order valence-electron chi connectivity index (χ2n) is 3.27. The fraction of sp³-hybridized carbons (Fsp3) is 0.0909. The molecule has 2 N–H and O–H groups in total. The molecule has 0 heterocycles. The predicted octanol–water partition coefficient (Wildman–Crippen LogP) is 0.105. The molecule has 5 heteroatoms. The zero-order chi connectivity index (χ0) is 12.1. The van der Waals surface area contributed by atoms with E-state index in [0.29, 0.717) is 11.0 Å². The standard InChI is InChI=1S/C11H9BN2O2/c1-8-2-3-11(12(15)16)5-10(8)4-9(6-13)7-14/h2-5,15-16H,1H3. The molecule has 0 unspecified atom stereocenters. The van der Waals surface area contributed by atoms with Crippen LogP contribution in [0, 0.1) is 29.6 Å². The summed E-state index contributed by atoms with van der Waals surface area (Å²) in [7, 11) is -1.56. The van der Waals surface area contributed by atoms with Crippen LogP contribution in [0.1, 0.15) is 11.1 Å².